The van der Waals surface area contributed by atoms with E-state index < -0.39 is 12.0 Å². The summed E-state index contributed by atoms with van der Waals surface area (Å²) in [6, 6.07) is 0.711. The number of carbonyl (C=O) groups is 1. The van der Waals surface area contributed by atoms with E-state index in [1.807, 2.05) is 0 Å². The molecule has 0 aliphatic heterocycles. The highest BCUT2D eigenvalue weighted by Gasteiger charge is 2.13. The molecule has 1 aromatic rings. The van der Waals surface area contributed by atoms with Gasteiger partial charge >= 0.3 is 5.97 Å². The number of hydrogen-bond donors (Lipinski definition) is 2. The van der Waals surface area contributed by atoms with Gasteiger partial charge in [-0.05, 0) is 0 Å². The number of rotatable bonds is 3. The van der Waals surface area contributed by atoms with Gasteiger partial charge in [0.1, 0.15) is 12.1 Å². The van der Waals surface area contributed by atoms with Crippen LogP contribution in [0.5, 0.6) is 0 Å². The van der Waals surface area contributed by atoms with Crippen LogP contribution in [0.2, 0.25) is 0 Å². The maximum Gasteiger partial charge on any atom is 0.322 e. The lowest BCUT2D eigenvalue weighted by molar-refractivity contribution is -0.138. The highest BCUT2D eigenvalue weighted by molar-refractivity contribution is 5.72. The Hall–Kier alpha value is -1.94. The average molecular weight is 181 g/mol. The molecule has 0 aliphatic carbocycles. The molecule has 0 saturated heterocycles. The topological polar surface area (TPSA) is 118 Å². The van der Waals surface area contributed by atoms with Gasteiger partial charge in [0.05, 0.1) is 12.7 Å². The molecule has 0 radical (unpaired) electrons. The fourth-order valence-electron chi connectivity index (χ4n) is 0.691. The minimum absolute atomic E-state index is 0.0446. The van der Waals surface area contributed by atoms with Crippen molar-refractivity contribution in [1.82, 2.24) is 15.0 Å². The van der Waals surface area contributed by atoms with Gasteiger partial charge in [-0.1, -0.05) is 0 Å². The lowest BCUT2D eigenvalue weighted by Crippen LogP contribution is -2.35. The summed E-state index contributed by atoms with van der Waals surface area (Å²) in [5.41, 5.74) is 5.35. The Balaban J connectivity index is 2.65. The van der Waals surface area contributed by atoms with Crippen molar-refractivity contribution in [3.63, 3.8) is 0 Å². The van der Waals surface area contributed by atoms with Crippen LogP contribution in [0.1, 0.15) is 5.69 Å². The standard InChI is InChI=1S/C6H7N5O2/c7-1-4-2-9-11(10-4)3-5(8)6(12)13/h2,5H,3,8H2,(H,12,13). The molecule has 13 heavy (non-hydrogen) atoms. The molecular weight excluding hydrogens is 174 g/mol. The number of aromatic nitrogens is 3. The average Bonchev–Trinajstić information content (AvgIpc) is 2.52. The van der Waals surface area contributed by atoms with Gasteiger partial charge in [-0.15, -0.1) is 5.10 Å². The summed E-state index contributed by atoms with van der Waals surface area (Å²) in [6.07, 6.45) is 1.24. The first-order chi connectivity index (χ1) is 6.13. The maximum atomic E-state index is 10.3. The van der Waals surface area contributed by atoms with Crippen molar-refractivity contribution in [2.75, 3.05) is 0 Å². The second kappa shape index (κ2) is 3.64. The number of nitriles is 1. The van der Waals surface area contributed by atoms with E-state index in [-0.39, 0.29) is 12.2 Å². The van der Waals surface area contributed by atoms with Crippen LogP contribution >= 0.6 is 0 Å². The Morgan fingerprint density at radius 1 is 1.92 bits per heavy atom. The Morgan fingerprint density at radius 3 is 3.08 bits per heavy atom. The van der Waals surface area contributed by atoms with Crippen molar-refractivity contribution in [2.24, 2.45) is 5.73 Å². The quantitative estimate of drug-likeness (QED) is 0.589. The predicted molar refractivity (Wildman–Crippen MR) is 40.3 cm³/mol. The van der Waals surface area contributed by atoms with Crippen molar-refractivity contribution >= 4 is 5.97 Å². The first-order valence-electron chi connectivity index (χ1n) is 3.42. The highest BCUT2D eigenvalue weighted by Crippen LogP contribution is 1.90. The number of hydrogen-bond acceptors (Lipinski definition) is 5. The molecule has 0 fully saturated rings. The maximum absolute atomic E-state index is 10.3. The van der Waals surface area contributed by atoms with E-state index in [1.54, 1.807) is 6.07 Å². The van der Waals surface area contributed by atoms with E-state index in [0.717, 1.165) is 4.80 Å². The molecular formula is C6H7N5O2. The van der Waals surface area contributed by atoms with Gasteiger partial charge in [-0.2, -0.15) is 15.2 Å². The summed E-state index contributed by atoms with van der Waals surface area (Å²) in [5, 5.41) is 24.1. The van der Waals surface area contributed by atoms with E-state index in [2.05, 4.69) is 10.2 Å². The van der Waals surface area contributed by atoms with Crippen LogP contribution in [0.15, 0.2) is 6.20 Å². The van der Waals surface area contributed by atoms with E-state index in [4.69, 9.17) is 16.1 Å². The van der Waals surface area contributed by atoms with Gasteiger partial charge in [-0.3, -0.25) is 4.79 Å². The molecule has 0 bridgehead atoms. The lowest BCUT2D eigenvalue weighted by atomic mass is 10.3. The van der Waals surface area contributed by atoms with Crippen LogP contribution in [0.4, 0.5) is 0 Å². The summed E-state index contributed by atoms with van der Waals surface area (Å²) < 4.78 is 0. The summed E-state index contributed by atoms with van der Waals surface area (Å²) in [7, 11) is 0. The largest absolute Gasteiger partial charge is 0.480 e. The Bertz CT molecular complexity index is 352. The molecule has 1 rings (SSSR count). The van der Waals surface area contributed by atoms with Crippen LogP contribution < -0.4 is 5.73 Å². The molecule has 1 heterocycles. The Morgan fingerprint density at radius 2 is 2.62 bits per heavy atom. The summed E-state index contributed by atoms with van der Waals surface area (Å²) in [6.45, 7) is -0.0446. The third-order valence-corrected chi connectivity index (χ3v) is 1.33. The minimum atomic E-state index is -1.13. The number of carboxylic acid groups (broad SMARTS) is 1. The van der Waals surface area contributed by atoms with Crippen LogP contribution in [0, 0.1) is 11.3 Å². The number of nitrogens with zero attached hydrogens (tertiary/aromatic N) is 4. The molecule has 7 heteroatoms. The first kappa shape index (κ1) is 9.15. The fraction of sp³-hybridized carbons (Fsp3) is 0.333. The Labute approximate surface area is 73.4 Å². The number of nitrogens with two attached hydrogens (primary N) is 1. The van der Waals surface area contributed by atoms with E-state index in [1.165, 1.54) is 6.20 Å². The zero-order chi connectivity index (χ0) is 9.84. The van der Waals surface area contributed by atoms with Gasteiger partial charge < -0.3 is 10.8 Å². The summed E-state index contributed by atoms with van der Waals surface area (Å²) in [4.78, 5) is 11.4. The molecule has 0 saturated carbocycles. The Kier molecular flexibility index (Phi) is 2.56. The molecule has 1 atom stereocenters. The molecule has 68 valence electrons. The van der Waals surface area contributed by atoms with Crippen molar-refractivity contribution < 1.29 is 9.90 Å². The molecule has 0 aliphatic rings. The normalized spacial score (nSPS) is 12.0. The monoisotopic (exact) mass is 181 g/mol. The zero-order valence-corrected chi connectivity index (χ0v) is 6.58. The fourth-order valence-corrected chi connectivity index (χ4v) is 0.691. The van der Waals surface area contributed by atoms with Crippen LogP contribution in [0.25, 0.3) is 0 Å². The first-order valence-corrected chi connectivity index (χ1v) is 3.42. The number of carboxylic acids is 1. The van der Waals surface area contributed by atoms with Gasteiger partial charge in [0, 0.05) is 0 Å². The zero-order valence-electron chi connectivity index (χ0n) is 6.58. The smallest absolute Gasteiger partial charge is 0.322 e. The van der Waals surface area contributed by atoms with Gasteiger partial charge in [0.15, 0.2) is 5.69 Å². The van der Waals surface area contributed by atoms with E-state index in [9.17, 15) is 4.79 Å². The van der Waals surface area contributed by atoms with Crippen molar-refractivity contribution in [3.8, 4) is 6.07 Å². The molecule has 0 aromatic carbocycles. The van der Waals surface area contributed by atoms with Crippen LogP contribution in [0.3, 0.4) is 0 Å². The molecule has 3 N–H and O–H groups in total. The highest BCUT2D eigenvalue weighted by atomic mass is 16.4. The van der Waals surface area contributed by atoms with E-state index >= 15 is 0 Å². The minimum Gasteiger partial charge on any atom is -0.480 e. The molecule has 1 aromatic heterocycles. The SMILES string of the molecule is N#Cc1cnn(CC(N)C(=O)O)n1. The van der Waals surface area contributed by atoms with Crippen LogP contribution in [-0.4, -0.2) is 32.1 Å². The van der Waals surface area contributed by atoms with Crippen molar-refractivity contribution in [3.05, 3.63) is 11.9 Å². The van der Waals surface area contributed by atoms with Crippen molar-refractivity contribution in [2.45, 2.75) is 12.6 Å². The molecule has 1 unspecified atom stereocenters. The van der Waals surface area contributed by atoms with Gasteiger partial charge in [0.2, 0.25) is 0 Å². The second-order valence-corrected chi connectivity index (χ2v) is 2.34. The summed E-state index contributed by atoms with van der Waals surface area (Å²) in [5.74, 6) is -1.13. The number of aliphatic carboxylic acids is 1. The van der Waals surface area contributed by atoms with Crippen LogP contribution in [-0.2, 0) is 11.3 Å². The third kappa shape index (κ3) is 2.25. The summed E-state index contributed by atoms with van der Waals surface area (Å²) >= 11 is 0. The third-order valence-electron chi connectivity index (χ3n) is 1.33. The lowest BCUT2D eigenvalue weighted by Gasteiger charge is -2.03. The molecule has 0 spiro atoms. The molecule has 7 nitrogen and oxygen atoms in total. The molecule has 0 amide bonds. The van der Waals surface area contributed by atoms with Gasteiger partial charge in [0.25, 0.3) is 0 Å². The second-order valence-electron chi connectivity index (χ2n) is 2.34. The van der Waals surface area contributed by atoms with Gasteiger partial charge in [-0.25, -0.2) is 0 Å². The predicted octanol–water partition coefficient (Wildman–Crippen LogP) is -1.44. The van der Waals surface area contributed by atoms with E-state index in [0.29, 0.717) is 0 Å². The van der Waals surface area contributed by atoms with Crippen molar-refractivity contribution in [1.29, 1.82) is 5.26 Å².